The number of nitrogens with zero attached hydrogens (tertiary/aromatic N) is 1. The van der Waals surface area contributed by atoms with Crippen LogP contribution >= 0.6 is 0 Å². The summed E-state index contributed by atoms with van der Waals surface area (Å²) >= 11 is 0. The smallest absolute Gasteiger partial charge is 0.162 e. The second-order valence-corrected chi connectivity index (χ2v) is 5.47. The molecule has 1 aromatic rings. The Balaban J connectivity index is 0.000000261. The van der Waals surface area contributed by atoms with E-state index in [0.29, 0.717) is 11.8 Å². The van der Waals surface area contributed by atoms with Crippen molar-refractivity contribution in [3.63, 3.8) is 0 Å². The van der Waals surface area contributed by atoms with E-state index < -0.39 is 0 Å². The molecule has 1 fully saturated rings. The van der Waals surface area contributed by atoms with E-state index in [2.05, 4.69) is 18.9 Å². The fraction of sp³-hybridized carbons (Fsp3) is 0.647. The zero-order chi connectivity index (χ0) is 16.4. The molecule has 5 nitrogen and oxygen atoms in total. The highest BCUT2D eigenvalue weighted by Crippen LogP contribution is 2.33. The van der Waals surface area contributed by atoms with Crippen molar-refractivity contribution in [3.05, 3.63) is 18.2 Å². The lowest BCUT2D eigenvalue weighted by molar-refractivity contribution is 0.116. The van der Waals surface area contributed by atoms with Crippen molar-refractivity contribution < 1.29 is 14.2 Å². The third-order valence-electron chi connectivity index (χ3n) is 3.75. The van der Waals surface area contributed by atoms with Gasteiger partial charge in [0, 0.05) is 25.4 Å². The number of rotatable bonds is 7. The van der Waals surface area contributed by atoms with Gasteiger partial charge in [0.2, 0.25) is 0 Å². The van der Waals surface area contributed by atoms with Crippen LogP contribution in [0, 0.1) is 0 Å². The van der Waals surface area contributed by atoms with Crippen molar-refractivity contribution in [1.82, 2.24) is 4.90 Å². The molecule has 1 saturated carbocycles. The van der Waals surface area contributed by atoms with Gasteiger partial charge in [0.05, 0.1) is 19.8 Å². The Labute approximate surface area is 134 Å². The quantitative estimate of drug-likeness (QED) is 0.785. The zero-order valence-corrected chi connectivity index (χ0v) is 14.3. The van der Waals surface area contributed by atoms with Crippen molar-refractivity contribution in [3.8, 4) is 11.5 Å². The molecule has 0 spiro atoms. The number of methoxy groups -OCH3 is 2. The summed E-state index contributed by atoms with van der Waals surface area (Å²) < 4.78 is 15.8. The fourth-order valence-corrected chi connectivity index (χ4v) is 1.85. The van der Waals surface area contributed by atoms with Gasteiger partial charge >= 0.3 is 0 Å². The first-order valence-corrected chi connectivity index (χ1v) is 7.88. The molecule has 2 rings (SSSR count). The number of hydrogen-bond acceptors (Lipinski definition) is 5. The van der Waals surface area contributed by atoms with Crippen molar-refractivity contribution in [2.24, 2.45) is 0 Å². The van der Waals surface area contributed by atoms with Gasteiger partial charge in [-0.05, 0) is 45.0 Å². The van der Waals surface area contributed by atoms with E-state index in [1.54, 1.807) is 20.3 Å². The maximum atomic E-state index is 5.75. The SMILES string of the molecule is CCN(C)CCOC.COc1cc(N)ccc1OC1CCC1. The number of ether oxygens (including phenoxy) is 3. The molecule has 1 aliphatic carbocycles. The normalized spacial score (nSPS) is 14.0. The molecule has 5 heteroatoms. The van der Waals surface area contributed by atoms with E-state index >= 15 is 0 Å². The summed E-state index contributed by atoms with van der Waals surface area (Å²) in [6.07, 6.45) is 3.93. The lowest BCUT2D eigenvalue weighted by atomic mass is 9.96. The topological polar surface area (TPSA) is 57.0 Å². The predicted molar refractivity (Wildman–Crippen MR) is 90.7 cm³/mol. The summed E-state index contributed by atoms with van der Waals surface area (Å²) in [5, 5.41) is 0. The summed E-state index contributed by atoms with van der Waals surface area (Å²) in [5.41, 5.74) is 6.34. The predicted octanol–water partition coefficient (Wildman–Crippen LogP) is 2.79. The first-order valence-electron chi connectivity index (χ1n) is 7.88. The Hall–Kier alpha value is -1.46. The van der Waals surface area contributed by atoms with Crippen LogP contribution in [0.1, 0.15) is 26.2 Å². The Morgan fingerprint density at radius 3 is 2.45 bits per heavy atom. The first-order chi connectivity index (χ1) is 10.6. The third-order valence-corrected chi connectivity index (χ3v) is 3.75. The molecule has 0 saturated heterocycles. The lowest BCUT2D eigenvalue weighted by Crippen LogP contribution is -2.24. The van der Waals surface area contributed by atoms with Gasteiger partial charge < -0.3 is 24.8 Å². The van der Waals surface area contributed by atoms with Gasteiger partial charge in [-0.1, -0.05) is 6.92 Å². The van der Waals surface area contributed by atoms with Crippen LogP contribution in [0.25, 0.3) is 0 Å². The molecular weight excluding hydrogens is 280 g/mol. The summed E-state index contributed by atoms with van der Waals surface area (Å²) in [4.78, 5) is 2.21. The highest BCUT2D eigenvalue weighted by atomic mass is 16.5. The minimum Gasteiger partial charge on any atom is -0.493 e. The van der Waals surface area contributed by atoms with Gasteiger partial charge in [-0.2, -0.15) is 0 Å². The number of anilines is 1. The highest BCUT2D eigenvalue weighted by Gasteiger charge is 2.20. The molecule has 1 aliphatic rings. The van der Waals surface area contributed by atoms with Crippen LogP contribution in [-0.2, 0) is 4.74 Å². The van der Waals surface area contributed by atoms with Crippen molar-refractivity contribution in [1.29, 1.82) is 0 Å². The summed E-state index contributed by atoms with van der Waals surface area (Å²) in [5.74, 6) is 1.52. The van der Waals surface area contributed by atoms with E-state index in [0.717, 1.165) is 44.0 Å². The average molecular weight is 310 g/mol. The Morgan fingerprint density at radius 2 is 1.95 bits per heavy atom. The second kappa shape index (κ2) is 10.3. The number of benzene rings is 1. The molecule has 2 N–H and O–H groups in total. The van der Waals surface area contributed by atoms with Crippen molar-refractivity contribution in [2.45, 2.75) is 32.3 Å². The highest BCUT2D eigenvalue weighted by molar-refractivity contribution is 5.52. The van der Waals surface area contributed by atoms with Crippen LogP contribution < -0.4 is 15.2 Å². The minimum atomic E-state index is 0.368. The van der Waals surface area contributed by atoms with E-state index in [1.807, 2.05) is 12.1 Å². The molecule has 22 heavy (non-hydrogen) atoms. The molecule has 0 bridgehead atoms. The molecule has 1 aromatic carbocycles. The molecule has 0 atom stereocenters. The van der Waals surface area contributed by atoms with Crippen LogP contribution in [0.5, 0.6) is 11.5 Å². The van der Waals surface area contributed by atoms with Gasteiger partial charge in [0.25, 0.3) is 0 Å². The fourth-order valence-electron chi connectivity index (χ4n) is 1.85. The van der Waals surface area contributed by atoms with Crippen LogP contribution in [0.15, 0.2) is 18.2 Å². The Bertz CT molecular complexity index is 422. The van der Waals surface area contributed by atoms with Gasteiger partial charge in [0.1, 0.15) is 0 Å². The van der Waals surface area contributed by atoms with E-state index in [9.17, 15) is 0 Å². The monoisotopic (exact) mass is 310 g/mol. The number of likely N-dealkylation sites (N-methyl/N-ethyl adjacent to an activating group) is 1. The third kappa shape index (κ3) is 6.54. The van der Waals surface area contributed by atoms with Crippen molar-refractivity contribution >= 4 is 5.69 Å². The second-order valence-electron chi connectivity index (χ2n) is 5.47. The molecule has 126 valence electrons. The summed E-state index contributed by atoms with van der Waals surface area (Å²) in [7, 11) is 5.44. The van der Waals surface area contributed by atoms with Gasteiger partial charge in [-0.25, -0.2) is 0 Å². The van der Waals surface area contributed by atoms with Gasteiger partial charge in [0.15, 0.2) is 11.5 Å². The maximum absolute atomic E-state index is 5.75. The van der Waals surface area contributed by atoms with Crippen LogP contribution in [0.2, 0.25) is 0 Å². The standard InChI is InChI=1S/C11H15NO2.C6H15NO/c1-13-11-7-8(12)5-6-10(11)14-9-3-2-4-9;1-4-7(2)5-6-8-3/h5-7,9H,2-4,12H2,1H3;4-6H2,1-3H3. The molecular formula is C17H30N2O3. The van der Waals surface area contributed by atoms with Crippen LogP contribution in [-0.4, -0.2) is 52.0 Å². The lowest BCUT2D eigenvalue weighted by Gasteiger charge is -2.27. The first kappa shape index (κ1) is 18.6. The van der Waals surface area contributed by atoms with Gasteiger partial charge in [-0.15, -0.1) is 0 Å². The Morgan fingerprint density at radius 1 is 1.23 bits per heavy atom. The molecule has 0 aromatic heterocycles. The van der Waals surface area contributed by atoms with E-state index in [1.165, 1.54) is 6.42 Å². The molecule has 0 unspecified atom stereocenters. The maximum Gasteiger partial charge on any atom is 0.162 e. The molecule has 0 amide bonds. The largest absolute Gasteiger partial charge is 0.493 e. The van der Waals surface area contributed by atoms with Crippen LogP contribution in [0.3, 0.4) is 0 Å². The Kier molecular flexibility index (Phi) is 8.70. The van der Waals surface area contributed by atoms with E-state index in [-0.39, 0.29) is 0 Å². The average Bonchev–Trinajstić information content (AvgIpc) is 2.50. The minimum absolute atomic E-state index is 0.368. The van der Waals surface area contributed by atoms with Crippen molar-refractivity contribution in [2.75, 3.05) is 46.7 Å². The summed E-state index contributed by atoms with van der Waals surface area (Å²) in [6, 6.07) is 5.48. The zero-order valence-electron chi connectivity index (χ0n) is 14.3. The molecule has 0 heterocycles. The van der Waals surface area contributed by atoms with Crippen LogP contribution in [0.4, 0.5) is 5.69 Å². The summed E-state index contributed by atoms with van der Waals surface area (Å²) in [6.45, 7) is 5.11. The number of nitrogen functional groups attached to an aromatic ring is 1. The van der Waals surface area contributed by atoms with Gasteiger partial charge in [-0.3, -0.25) is 0 Å². The molecule has 0 aliphatic heterocycles. The van der Waals surface area contributed by atoms with E-state index in [4.69, 9.17) is 19.9 Å². The molecule has 0 radical (unpaired) electrons. The number of nitrogens with two attached hydrogens (primary N) is 1. The number of hydrogen-bond donors (Lipinski definition) is 1.